The van der Waals surface area contributed by atoms with E-state index in [0.29, 0.717) is 19.6 Å². The molecule has 2 N–H and O–H groups in total. The van der Waals surface area contributed by atoms with Crippen molar-refractivity contribution in [1.29, 1.82) is 0 Å². The van der Waals surface area contributed by atoms with Crippen LogP contribution in [0.5, 0.6) is 0 Å². The summed E-state index contributed by atoms with van der Waals surface area (Å²) in [6.45, 7) is 7.21. The van der Waals surface area contributed by atoms with Crippen LogP contribution in [0.4, 0.5) is 0 Å². The van der Waals surface area contributed by atoms with Crippen LogP contribution in [-0.4, -0.2) is 77.6 Å². The summed E-state index contributed by atoms with van der Waals surface area (Å²) in [5.41, 5.74) is 1.96. The Balaban J connectivity index is 1.53. The Morgan fingerprint density at radius 1 is 1.38 bits per heavy atom. The highest BCUT2D eigenvalue weighted by Gasteiger charge is 2.18. The number of nitrogens with zero attached hydrogens (tertiary/aromatic N) is 3. The molecule has 7 heteroatoms. The van der Waals surface area contributed by atoms with Crippen LogP contribution in [0.1, 0.15) is 11.3 Å². The van der Waals surface area contributed by atoms with E-state index in [0.717, 1.165) is 49.1 Å². The molecular formula is C17H26N4O3. The van der Waals surface area contributed by atoms with Gasteiger partial charge in [0.15, 0.2) is 5.76 Å². The lowest BCUT2D eigenvalue weighted by atomic mass is 10.2. The quantitative estimate of drug-likeness (QED) is 0.790. The van der Waals surface area contributed by atoms with Crippen molar-refractivity contribution < 1.29 is 14.3 Å². The van der Waals surface area contributed by atoms with Gasteiger partial charge >= 0.3 is 0 Å². The lowest BCUT2D eigenvalue weighted by molar-refractivity contribution is 0.00826. The number of hydrogen-bond acceptors (Lipinski definition) is 6. The molecule has 0 bridgehead atoms. The lowest BCUT2D eigenvalue weighted by Gasteiger charge is -2.30. The van der Waals surface area contributed by atoms with Gasteiger partial charge in [-0.15, -0.1) is 0 Å². The van der Waals surface area contributed by atoms with Crippen molar-refractivity contribution in [2.75, 3.05) is 46.4 Å². The van der Waals surface area contributed by atoms with Crippen LogP contribution in [0.15, 0.2) is 22.7 Å². The number of β-amino-alcohol motifs (C(OH)–C–C–N with tert-alkyl or cyclic N) is 1. The van der Waals surface area contributed by atoms with Crippen molar-refractivity contribution in [3.8, 4) is 11.5 Å². The Morgan fingerprint density at radius 3 is 2.88 bits per heavy atom. The fourth-order valence-corrected chi connectivity index (χ4v) is 3.07. The number of nitrogens with one attached hydrogen (secondary N) is 1. The minimum atomic E-state index is -0.380. The topological polar surface area (TPSA) is 77.8 Å². The first-order chi connectivity index (χ1) is 11.6. The number of aliphatic hydroxyl groups is 1. The Labute approximate surface area is 142 Å². The molecule has 2 aromatic rings. The first-order valence-electron chi connectivity index (χ1n) is 8.37. The predicted octanol–water partition coefficient (Wildman–Crippen LogP) is 1.10. The molecule has 1 unspecified atom stereocenters. The lowest BCUT2D eigenvalue weighted by Crippen LogP contribution is -2.43. The molecule has 0 spiro atoms. The zero-order valence-corrected chi connectivity index (χ0v) is 14.4. The SMILES string of the molecule is Cc1ccc(-c2[nH]ncc2CN(C)CC(O)CN2CCOCC2)o1. The Kier molecular flexibility index (Phi) is 5.68. The van der Waals surface area contributed by atoms with Gasteiger partial charge in [-0.25, -0.2) is 0 Å². The van der Waals surface area contributed by atoms with Gasteiger partial charge in [-0.2, -0.15) is 5.10 Å². The van der Waals surface area contributed by atoms with Crippen molar-refractivity contribution in [1.82, 2.24) is 20.0 Å². The van der Waals surface area contributed by atoms with Crippen LogP contribution in [0.3, 0.4) is 0 Å². The minimum absolute atomic E-state index is 0.380. The van der Waals surface area contributed by atoms with Crippen LogP contribution < -0.4 is 0 Å². The first kappa shape index (κ1) is 17.2. The zero-order chi connectivity index (χ0) is 16.9. The number of aromatic amines is 1. The van der Waals surface area contributed by atoms with E-state index in [9.17, 15) is 5.11 Å². The zero-order valence-electron chi connectivity index (χ0n) is 14.4. The summed E-state index contributed by atoms with van der Waals surface area (Å²) in [5.74, 6) is 1.67. The van der Waals surface area contributed by atoms with Crippen LogP contribution in [0.25, 0.3) is 11.5 Å². The van der Waals surface area contributed by atoms with Gasteiger partial charge in [-0.05, 0) is 26.1 Å². The number of H-pyrrole nitrogens is 1. The summed E-state index contributed by atoms with van der Waals surface area (Å²) in [5, 5.41) is 17.5. The first-order valence-corrected chi connectivity index (χ1v) is 8.37. The van der Waals surface area contributed by atoms with Crippen molar-refractivity contribution in [2.45, 2.75) is 19.6 Å². The van der Waals surface area contributed by atoms with E-state index in [4.69, 9.17) is 9.15 Å². The Bertz CT molecular complexity index is 633. The second kappa shape index (κ2) is 7.94. The number of rotatable bonds is 7. The summed E-state index contributed by atoms with van der Waals surface area (Å²) in [7, 11) is 2.01. The average molecular weight is 334 g/mol. The van der Waals surface area contributed by atoms with E-state index < -0.39 is 0 Å². The highest BCUT2D eigenvalue weighted by atomic mass is 16.5. The number of aryl methyl sites for hydroxylation is 1. The molecule has 7 nitrogen and oxygen atoms in total. The van der Waals surface area contributed by atoms with E-state index in [2.05, 4.69) is 20.0 Å². The molecule has 0 amide bonds. The van der Waals surface area contributed by atoms with E-state index in [1.165, 1.54) is 0 Å². The van der Waals surface area contributed by atoms with Crippen molar-refractivity contribution in [2.24, 2.45) is 0 Å². The van der Waals surface area contributed by atoms with Gasteiger partial charge in [0.05, 0.1) is 25.5 Å². The summed E-state index contributed by atoms with van der Waals surface area (Å²) in [6.07, 6.45) is 1.44. The molecule has 1 fully saturated rings. The molecule has 0 saturated carbocycles. The molecular weight excluding hydrogens is 308 g/mol. The summed E-state index contributed by atoms with van der Waals surface area (Å²) in [6, 6.07) is 3.88. The third-order valence-corrected chi connectivity index (χ3v) is 4.24. The smallest absolute Gasteiger partial charge is 0.152 e. The van der Waals surface area contributed by atoms with Gasteiger partial charge in [0.2, 0.25) is 0 Å². The molecule has 0 radical (unpaired) electrons. The van der Waals surface area contributed by atoms with Gasteiger partial charge in [0.25, 0.3) is 0 Å². The number of aliphatic hydroxyl groups excluding tert-OH is 1. The molecule has 1 aliphatic rings. The molecule has 3 heterocycles. The van der Waals surface area contributed by atoms with E-state index in [1.807, 2.05) is 32.3 Å². The number of hydrogen-bond donors (Lipinski definition) is 2. The van der Waals surface area contributed by atoms with Crippen LogP contribution in [0, 0.1) is 6.92 Å². The highest BCUT2D eigenvalue weighted by molar-refractivity contribution is 5.56. The molecule has 3 rings (SSSR count). The van der Waals surface area contributed by atoms with Crippen molar-refractivity contribution in [3.05, 3.63) is 29.7 Å². The number of morpholine rings is 1. The number of ether oxygens (including phenoxy) is 1. The second-order valence-electron chi connectivity index (χ2n) is 6.44. The number of furan rings is 1. The molecule has 0 aromatic carbocycles. The Morgan fingerprint density at radius 2 is 2.17 bits per heavy atom. The van der Waals surface area contributed by atoms with Crippen molar-refractivity contribution >= 4 is 0 Å². The van der Waals surface area contributed by atoms with E-state index in [-0.39, 0.29) is 6.10 Å². The van der Waals surface area contributed by atoms with Gasteiger partial charge in [0.1, 0.15) is 11.5 Å². The third kappa shape index (κ3) is 4.45. The maximum atomic E-state index is 10.3. The maximum absolute atomic E-state index is 10.3. The monoisotopic (exact) mass is 334 g/mol. The molecule has 1 atom stereocenters. The molecule has 132 valence electrons. The number of likely N-dealkylation sites (N-methyl/N-ethyl adjacent to an activating group) is 1. The fourth-order valence-electron chi connectivity index (χ4n) is 3.07. The second-order valence-corrected chi connectivity index (χ2v) is 6.44. The summed E-state index contributed by atoms with van der Waals surface area (Å²) >= 11 is 0. The highest BCUT2D eigenvalue weighted by Crippen LogP contribution is 2.24. The fraction of sp³-hybridized carbons (Fsp3) is 0.588. The molecule has 0 aliphatic carbocycles. The summed E-state index contributed by atoms with van der Waals surface area (Å²) in [4.78, 5) is 4.35. The normalized spacial score (nSPS) is 17.5. The molecule has 24 heavy (non-hydrogen) atoms. The standard InChI is InChI=1S/C17H26N4O3/c1-13-3-4-16(24-13)17-14(9-18-19-17)10-20(2)11-15(22)12-21-5-7-23-8-6-21/h3-4,9,15,22H,5-8,10-12H2,1-2H3,(H,18,19). The maximum Gasteiger partial charge on any atom is 0.152 e. The van der Waals surface area contributed by atoms with Gasteiger partial charge in [0, 0.05) is 38.3 Å². The van der Waals surface area contributed by atoms with Crippen LogP contribution >= 0.6 is 0 Å². The van der Waals surface area contributed by atoms with Gasteiger partial charge in [-0.1, -0.05) is 0 Å². The summed E-state index contributed by atoms with van der Waals surface area (Å²) < 4.78 is 11.0. The number of aromatic nitrogens is 2. The van der Waals surface area contributed by atoms with E-state index in [1.54, 1.807) is 0 Å². The van der Waals surface area contributed by atoms with Gasteiger partial charge in [-0.3, -0.25) is 14.9 Å². The Hall–Kier alpha value is -1.67. The average Bonchev–Trinajstić information content (AvgIpc) is 3.16. The van der Waals surface area contributed by atoms with Crippen molar-refractivity contribution in [3.63, 3.8) is 0 Å². The predicted molar refractivity (Wildman–Crippen MR) is 90.6 cm³/mol. The van der Waals surface area contributed by atoms with Crippen LogP contribution in [-0.2, 0) is 11.3 Å². The van der Waals surface area contributed by atoms with E-state index >= 15 is 0 Å². The molecule has 1 aliphatic heterocycles. The molecule has 1 saturated heterocycles. The van der Waals surface area contributed by atoms with Crippen LogP contribution in [0.2, 0.25) is 0 Å². The molecule has 2 aromatic heterocycles. The third-order valence-electron chi connectivity index (χ3n) is 4.24. The van der Waals surface area contributed by atoms with Gasteiger partial charge < -0.3 is 14.3 Å². The largest absolute Gasteiger partial charge is 0.460 e. The minimum Gasteiger partial charge on any atom is -0.460 e.